The monoisotopic (exact) mass is 278 g/mol. The maximum absolute atomic E-state index is 12.2. The van der Waals surface area contributed by atoms with E-state index >= 15 is 0 Å². The van der Waals surface area contributed by atoms with Crippen molar-refractivity contribution in [2.75, 3.05) is 33.5 Å². The Balaban J connectivity index is 1.94. The molecule has 0 spiro atoms. The van der Waals surface area contributed by atoms with Crippen molar-refractivity contribution in [3.8, 4) is 0 Å². The van der Waals surface area contributed by atoms with Gasteiger partial charge >= 0.3 is 0 Å². The average Bonchev–Trinajstić information content (AvgIpc) is 2.76. The zero-order valence-corrected chi connectivity index (χ0v) is 12.0. The van der Waals surface area contributed by atoms with Crippen LogP contribution in [-0.2, 0) is 14.3 Å². The lowest BCUT2D eigenvalue weighted by atomic mass is 10.1. The van der Waals surface area contributed by atoms with E-state index in [2.05, 4.69) is 5.32 Å². The van der Waals surface area contributed by atoms with Gasteiger partial charge in [-0.05, 0) is 12.5 Å². The SMILES string of the molecule is COCCOCCN1C(=O)C(C)NC1c1ccccc1. The third-order valence-corrected chi connectivity index (χ3v) is 3.40. The first-order valence-corrected chi connectivity index (χ1v) is 6.92. The lowest BCUT2D eigenvalue weighted by molar-refractivity contribution is -0.130. The molecule has 2 unspecified atom stereocenters. The Kier molecular flexibility index (Phi) is 5.52. The van der Waals surface area contributed by atoms with Gasteiger partial charge in [0.2, 0.25) is 5.91 Å². The molecule has 1 fully saturated rings. The third kappa shape index (κ3) is 3.56. The van der Waals surface area contributed by atoms with Gasteiger partial charge in [0.25, 0.3) is 0 Å². The summed E-state index contributed by atoms with van der Waals surface area (Å²) in [7, 11) is 1.64. The first-order chi connectivity index (χ1) is 9.74. The molecule has 0 aliphatic carbocycles. The van der Waals surface area contributed by atoms with Crippen LogP contribution < -0.4 is 5.32 Å². The molecule has 0 aromatic heterocycles. The number of carbonyl (C=O) groups excluding carboxylic acids is 1. The molecule has 1 aromatic rings. The van der Waals surface area contributed by atoms with Crippen molar-refractivity contribution in [2.45, 2.75) is 19.1 Å². The van der Waals surface area contributed by atoms with Gasteiger partial charge < -0.3 is 14.4 Å². The quantitative estimate of drug-likeness (QED) is 0.761. The molecule has 20 heavy (non-hydrogen) atoms. The molecule has 2 atom stereocenters. The van der Waals surface area contributed by atoms with E-state index in [9.17, 15) is 4.79 Å². The van der Waals surface area contributed by atoms with E-state index in [0.717, 1.165) is 5.56 Å². The summed E-state index contributed by atoms with van der Waals surface area (Å²) in [6.45, 7) is 4.12. The van der Waals surface area contributed by atoms with E-state index in [1.807, 2.05) is 42.2 Å². The van der Waals surface area contributed by atoms with Gasteiger partial charge in [-0.2, -0.15) is 0 Å². The molecule has 0 bridgehead atoms. The van der Waals surface area contributed by atoms with Gasteiger partial charge in [-0.1, -0.05) is 30.3 Å². The van der Waals surface area contributed by atoms with Crippen LogP contribution in [0.15, 0.2) is 30.3 Å². The molecule has 1 N–H and O–H groups in total. The van der Waals surface area contributed by atoms with E-state index < -0.39 is 0 Å². The lowest BCUT2D eigenvalue weighted by Gasteiger charge is -2.24. The smallest absolute Gasteiger partial charge is 0.241 e. The fourth-order valence-corrected chi connectivity index (χ4v) is 2.33. The van der Waals surface area contributed by atoms with Crippen molar-refractivity contribution in [1.82, 2.24) is 10.2 Å². The summed E-state index contributed by atoms with van der Waals surface area (Å²) in [6.07, 6.45) is -0.0651. The summed E-state index contributed by atoms with van der Waals surface area (Å²) in [5, 5.41) is 3.32. The topological polar surface area (TPSA) is 50.8 Å². The van der Waals surface area contributed by atoms with E-state index in [1.54, 1.807) is 7.11 Å². The maximum Gasteiger partial charge on any atom is 0.241 e. The number of hydrogen-bond donors (Lipinski definition) is 1. The van der Waals surface area contributed by atoms with E-state index in [1.165, 1.54) is 0 Å². The Morgan fingerprint density at radius 2 is 1.95 bits per heavy atom. The summed E-state index contributed by atoms with van der Waals surface area (Å²) in [4.78, 5) is 14.0. The van der Waals surface area contributed by atoms with Crippen molar-refractivity contribution in [3.05, 3.63) is 35.9 Å². The molecule has 1 amide bonds. The molecule has 1 aliphatic rings. The van der Waals surface area contributed by atoms with Gasteiger partial charge in [-0.25, -0.2) is 0 Å². The van der Waals surface area contributed by atoms with E-state index in [4.69, 9.17) is 9.47 Å². The second-order valence-electron chi connectivity index (χ2n) is 4.84. The Morgan fingerprint density at radius 1 is 1.20 bits per heavy atom. The molecule has 0 saturated carbocycles. The van der Waals surface area contributed by atoms with Crippen molar-refractivity contribution < 1.29 is 14.3 Å². The van der Waals surface area contributed by atoms with Crippen LogP contribution in [0.3, 0.4) is 0 Å². The normalized spacial score (nSPS) is 22.5. The highest BCUT2D eigenvalue weighted by Gasteiger charge is 2.36. The summed E-state index contributed by atoms with van der Waals surface area (Å²) < 4.78 is 10.4. The van der Waals surface area contributed by atoms with Crippen LogP contribution >= 0.6 is 0 Å². The van der Waals surface area contributed by atoms with Gasteiger partial charge in [0.15, 0.2) is 0 Å². The lowest BCUT2D eigenvalue weighted by Crippen LogP contribution is -2.33. The van der Waals surface area contributed by atoms with Crippen molar-refractivity contribution in [1.29, 1.82) is 0 Å². The molecule has 2 rings (SSSR count). The summed E-state index contributed by atoms with van der Waals surface area (Å²) in [5.41, 5.74) is 1.10. The Labute approximate surface area is 119 Å². The number of benzene rings is 1. The largest absolute Gasteiger partial charge is 0.382 e. The van der Waals surface area contributed by atoms with E-state index in [-0.39, 0.29) is 18.1 Å². The molecule has 1 saturated heterocycles. The van der Waals surface area contributed by atoms with Crippen molar-refractivity contribution in [3.63, 3.8) is 0 Å². The highest BCUT2D eigenvalue weighted by Crippen LogP contribution is 2.24. The minimum absolute atomic E-state index is 0.0651. The number of amides is 1. The van der Waals surface area contributed by atoms with Gasteiger partial charge in [-0.15, -0.1) is 0 Å². The summed E-state index contributed by atoms with van der Waals surface area (Å²) in [5.74, 6) is 0.120. The molecule has 1 heterocycles. The second-order valence-corrected chi connectivity index (χ2v) is 4.84. The van der Waals surface area contributed by atoms with Crippen LogP contribution in [-0.4, -0.2) is 50.3 Å². The van der Waals surface area contributed by atoms with Crippen LogP contribution in [0.4, 0.5) is 0 Å². The standard InChI is InChI=1S/C15H22N2O3/c1-12-15(18)17(8-9-20-11-10-19-2)14(16-12)13-6-4-3-5-7-13/h3-7,12,14,16H,8-11H2,1-2H3. The second kappa shape index (κ2) is 7.38. The molecule has 110 valence electrons. The van der Waals surface area contributed by atoms with Crippen LogP contribution in [0.25, 0.3) is 0 Å². The number of carbonyl (C=O) groups is 1. The van der Waals surface area contributed by atoms with Crippen molar-refractivity contribution >= 4 is 5.91 Å². The maximum atomic E-state index is 12.2. The third-order valence-electron chi connectivity index (χ3n) is 3.40. The molecular weight excluding hydrogens is 256 g/mol. The van der Waals surface area contributed by atoms with Gasteiger partial charge in [0.1, 0.15) is 6.17 Å². The van der Waals surface area contributed by atoms with Gasteiger partial charge in [0.05, 0.1) is 25.9 Å². The fourth-order valence-electron chi connectivity index (χ4n) is 2.33. The minimum atomic E-state index is -0.154. The minimum Gasteiger partial charge on any atom is -0.382 e. The Bertz CT molecular complexity index is 424. The number of nitrogens with one attached hydrogen (secondary N) is 1. The molecule has 0 radical (unpaired) electrons. The van der Waals surface area contributed by atoms with Gasteiger partial charge in [0, 0.05) is 13.7 Å². The van der Waals surface area contributed by atoms with Crippen LogP contribution in [0.2, 0.25) is 0 Å². The van der Waals surface area contributed by atoms with Gasteiger partial charge in [-0.3, -0.25) is 10.1 Å². The number of ether oxygens (including phenoxy) is 2. The Morgan fingerprint density at radius 3 is 2.65 bits per heavy atom. The predicted octanol–water partition coefficient (Wildman–Crippen LogP) is 1.17. The van der Waals surface area contributed by atoms with Crippen molar-refractivity contribution in [2.24, 2.45) is 0 Å². The number of methoxy groups -OCH3 is 1. The van der Waals surface area contributed by atoms with Crippen LogP contribution in [0.1, 0.15) is 18.7 Å². The fraction of sp³-hybridized carbons (Fsp3) is 0.533. The molecular formula is C15H22N2O3. The average molecular weight is 278 g/mol. The first kappa shape index (κ1) is 15.0. The molecule has 5 nitrogen and oxygen atoms in total. The highest BCUT2D eigenvalue weighted by molar-refractivity contribution is 5.84. The van der Waals surface area contributed by atoms with E-state index in [0.29, 0.717) is 26.4 Å². The number of rotatable bonds is 7. The highest BCUT2D eigenvalue weighted by atomic mass is 16.5. The molecule has 1 aromatic carbocycles. The molecule has 5 heteroatoms. The van der Waals surface area contributed by atoms with Crippen LogP contribution in [0.5, 0.6) is 0 Å². The summed E-state index contributed by atoms with van der Waals surface area (Å²) in [6, 6.07) is 9.85. The number of nitrogens with zero attached hydrogens (tertiary/aromatic N) is 1. The molecule has 1 aliphatic heterocycles. The zero-order chi connectivity index (χ0) is 14.4. The number of hydrogen-bond acceptors (Lipinski definition) is 4. The Hall–Kier alpha value is -1.43. The summed E-state index contributed by atoms with van der Waals surface area (Å²) >= 11 is 0. The predicted molar refractivity (Wildman–Crippen MR) is 76.2 cm³/mol. The zero-order valence-electron chi connectivity index (χ0n) is 12.0. The van der Waals surface area contributed by atoms with Crippen LogP contribution in [0, 0.1) is 0 Å². The first-order valence-electron chi connectivity index (χ1n) is 6.92.